The summed E-state index contributed by atoms with van der Waals surface area (Å²) in [7, 11) is 0. The van der Waals surface area contributed by atoms with E-state index in [1.807, 2.05) is 40.4 Å². The molecule has 7 heteroatoms. The number of carbonyl (C=O) groups is 1. The maximum atomic E-state index is 12.9. The molecule has 3 heterocycles. The van der Waals surface area contributed by atoms with Crippen LogP contribution >= 0.6 is 46.0 Å². The molecule has 23 heavy (non-hydrogen) atoms. The van der Waals surface area contributed by atoms with Crippen LogP contribution in [0.1, 0.15) is 10.5 Å². The first-order chi connectivity index (χ1) is 11.2. The highest BCUT2D eigenvalue weighted by Gasteiger charge is 2.26. The van der Waals surface area contributed by atoms with Gasteiger partial charge in [-0.1, -0.05) is 11.6 Å². The number of hydrogen-bond acceptors (Lipinski definition) is 5. The predicted octanol–water partition coefficient (Wildman–Crippen LogP) is 5.28. The minimum Gasteiger partial charge on any atom is -0.305 e. The lowest BCUT2D eigenvalue weighted by Crippen LogP contribution is -2.35. The van der Waals surface area contributed by atoms with E-state index >= 15 is 0 Å². The summed E-state index contributed by atoms with van der Waals surface area (Å²) in [6.45, 7) is 0.669. The lowest BCUT2D eigenvalue weighted by molar-refractivity contribution is 0.0983. The van der Waals surface area contributed by atoms with Gasteiger partial charge < -0.3 is 4.90 Å². The van der Waals surface area contributed by atoms with Gasteiger partial charge in [-0.2, -0.15) is 11.3 Å². The van der Waals surface area contributed by atoms with Crippen LogP contribution in [-0.4, -0.2) is 23.2 Å². The normalized spacial score (nSPS) is 13.9. The Bertz CT molecular complexity index is 860. The van der Waals surface area contributed by atoms with Crippen molar-refractivity contribution >= 4 is 57.6 Å². The van der Waals surface area contributed by atoms with Crippen LogP contribution in [0, 0.1) is 0 Å². The topological polar surface area (TPSA) is 33.2 Å². The molecular weight excluding hydrogens is 368 g/mol. The first-order valence-electron chi connectivity index (χ1n) is 6.95. The molecule has 3 nitrogen and oxygen atoms in total. The highest BCUT2D eigenvalue weighted by molar-refractivity contribution is 7.99. The number of thiazole rings is 1. The van der Waals surface area contributed by atoms with Crippen molar-refractivity contribution in [3.05, 3.63) is 51.1 Å². The van der Waals surface area contributed by atoms with Crippen molar-refractivity contribution in [1.82, 2.24) is 4.98 Å². The zero-order valence-corrected chi connectivity index (χ0v) is 15.1. The molecule has 0 N–H and O–H groups in total. The second-order valence-electron chi connectivity index (χ2n) is 4.97. The molecule has 0 saturated carbocycles. The van der Waals surface area contributed by atoms with E-state index in [2.05, 4.69) is 4.98 Å². The van der Waals surface area contributed by atoms with Crippen molar-refractivity contribution in [2.75, 3.05) is 17.2 Å². The molecule has 0 fully saturated rings. The maximum Gasteiger partial charge on any atom is 0.277 e. The third kappa shape index (κ3) is 2.92. The Kier molecular flexibility index (Phi) is 4.15. The van der Waals surface area contributed by atoms with E-state index in [4.69, 9.17) is 11.6 Å². The van der Waals surface area contributed by atoms with Crippen molar-refractivity contribution in [3.8, 4) is 10.6 Å². The molecule has 116 valence electrons. The fourth-order valence-corrected chi connectivity index (χ4v) is 5.08. The van der Waals surface area contributed by atoms with Crippen molar-refractivity contribution in [3.63, 3.8) is 0 Å². The van der Waals surface area contributed by atoms with Crippen molar-refractivity contribution < 1.29 is 4.79 Å². The number of fused-ring (bicyclic) bond motifs is 1. The number of amides is 1. The Morgan fingerprint density at radius 1 is 1.26 bits per heavy atom. The Morgan fingerprint density at radius 3 is 3.00 bits per heavy atom. The van der Waals surface area contributed by atoms with Gasteiger partial charge in [0.2, 0.25) is 0 Å². The van der Waals surface area contributed by atoms with Crippen molar-refractivity contribution in [1.29, 1.82) is 0 Å². The summed E-state index contributed by atoms with van der Waals surface area (Å²) < 4.78 is 0. The monoisotopic (exact) mass is 378 g/mol. The third-order valence-electron chi connectivity index (χ3n) is 3.52. The van der Waals surface area contributed by atoms with E-state index in [0.717, 1.165) is 26.9 Å². The van der Waals surface area contributed by atoms with Crippen LogP contribution in [0.3, 0.4) is 0 Å². The second-order valence-corrected chi connectivity index (χ2v) is 8.18. The van der Waals surface area contributed by atoms with Gasteiger partial charge in [0.25, 0.3) is 5.91 Å². The summed E-state index contributed by atoms with van der Waals surface area (Å²) >= 11 is 11.0. The summed E-state index contributed by atoms with van der Waals surface area (Å²) in [6, 6.07) is 7.70. The molecule has 2 aromatic heterocycles. The summed E-state index contributed by atoms with van der Waals surface area (Å²) in [5.41, 5.74) is 2.44. The number of thiophene rings is 1. The zero-order valence-electron chi connectivity index (χ0n) is 11.9. The first-order valence-corrected chi connectivity index (χ1v) is 10.1. The van der Waals surface area contributed by atoms with Gasteiger partial charge in [-0.25, -0.2) is 4.98 Å². The molecule has 0 spiro atoms. The summed E-state index contributed by atoms with van der Waals surface area (Å²) in [5.74, 6) is 0.813. The average molecular weight is 379 g/mol. The lowest BCUT2D eigenvalue weighted by atomic mass is 10.2. The Hall–Kier alpha value is -1.34. The van der Waals surface area contributed by atoms with Crippen molar-refractivity contribution in [2.45, 2.75) is 4.90 Å². The molecule has 1 aliphatic heterocycles. The van der Waals surface area contributed by atoms with E-state index in [-0.39, 0.29) is 5.91 Å². The van der Waals surface area contributed by atoms with Crippen LogP contribution in [0.5, 0.6) is 0 Å². The Morgan fingerprint density at radius 2 is 2.17 bits per heavy atom. The SMILES string of the molecule is O=C(c1csc(-c2ccsc2)n1)N1CCSc2ccc(Cl)cc21. The predicted molar refractivity (Wildman–Crippen MR) is 99.3 cm³/mol. The summed E-state index contributed by atoms with van der Waals surface area (Å²) in [5, 5.41) is 7.41. The fraction of sp³-hybridized carbons (Fsp3) is 0.125. The number of hydrogen-bond donors (Lipinski definition) is 0. The fourth-order valence-electron chi connectivity index (χ4n) is 2.43. The molecule has 0 aliphatic carbocycles. The van der Waals surface area contributed by atoms with Crippen LogP contribution in [0.15, 0.2) is 45.3 Å². The van der Waals surface area contributed by atoms with Crippen molar-refractivity contribution in [2.24, 2.45) is 0 Å². The lowest BCUT2D eigenvalue weighted by Gasteiger charge is -2.28. The standard InChI is InChI=1S/C16H11ClN2OS3/c17-11-1-2-14-13(7-11)19(4-6-22-14)16(20)12-9-23-15(18-12)10-3-5-21-8-10/h1-3,5,7-9H,4,6H2. The van der Waals surface area contributed by atoms with Crippen LogP contribution in [-0.2, 0) is 0 Å². The van der Waals surface area contributed by atoms with Crippen LogP contribution in [0.4, 0.5) is 5.69 Å². The first kappa shape index (κ1) is 15.2. The van der Waals surface area contributed by atoms with Gasteiger partial charge in [-0.15, -0.1) is 23.1 Å². The van der Waals surface area contributed by atoms with Gasteiger partial charge in [-0.05, 0) is 29.6 Å². The number of aromatic nitrogens is 1. The molecule has 1 amide bonds. The molecule has 1 aromatic carbocycles. The van der Waals surface area contributed by atoms with Gasteiger partial charge in [0.1, 0.15) is 10.7 Å². The molecule has 4 rings (SSSR count). The molecule has 0 unspecified atom stereocenters. The maximum absolute atomic E-state index is 12.9. The van der Waals surface area contributed by atoms with E-state index in [0.29, 0.717) is 17.3 Å². The van der Waals surface area contributed by atoms with Gasteiger partial charge in [-0.3, -0.25) is 4.79 Å². The number of anilines is 1. The van der Waals surface area contributed by atoms with Crippen LogP contribution < -0.4 is 4.90 Å². The van der Waals surface area contributed by atoms with Gasteiger partial charge in [0.05, 0.1) is 5.69 Å². The molecule has 0 atom stereocenters. The van der Waals surface area contributed by atoms with E-state index in [9.17, 15) is 4.79 Å². The third-order valence-corrected chi connectivity index (χ3v) is 6.37. The number of rotatable bonds is 2. The smallest absolute Gasteiger partial charge is 0.277 e. The molecular formula is C16H11ClN2OS3. The van der Waals surface area contributed by atoms with E-state index in [1.165, 1.54) is 11.3 Å². The zero-order chi connectivity index (χ0) is 15.8. The summed E-state index contributed by atoms with van der Waals surface area (Å²) in [6.07, 6.45) is 0. The molecule has 3 aromatic rings. The molecule has 1 aliphatic rings. The van der Waals surface area contributed by atoms with Gasteiger partial charge >= 0.3 is 0 Å². The highest BCUT2D eigenvalue weighted by Crippen LogP contribution is 2.37. The Labute approximate surface area is 150 Å². The molecule has 0 bridgehead atoms. The second kappa shape index (κ2) is 6.28. The molecule has 0 saturated heterocycles. The largest absolute Gasteiger partial charge is 0.305 e. The number of thioether (sulfide) groups is 1. The number of halogens is 1. The van der Waals surface area contributed by atoms with Gasteiger partial charge in [0, 0.05) is 38.5 Å². The summed E-state index contributed by atoms with van der Waals surface area (Å²) in [4.78, 5) is 20.3. The average Bonchev–Trinajstić information content (AvgIpc) is 3.24. The van der Waals surface area contributed by atoms with E-state index < -0.39 is 0 Å². The van der Waals surface area contributed by atoms with E-state index in [1.54, 1.807) is 28.0 Å². The quantitative estimate of drug-likeness (QED) is 0.608. The number of carbonyl (C=O) groups excluding carboxylic acids is 1. The minimum atomic E-state index is -0.0634. The number of benzene rings is 1. The van der Waals surface area contributed by atoms with Crippen LogP contribution in [0.25, 0.3) is 10.6 Å². The van der Waals surface area contributed by atoms with Gasteiger partial charge in [0.15, 0.2) is 0 Å². The minimum absolute atomic E-state index is 0.0634. The molecule has 0 radical (unpaired) electrons. The van der Waals surface area contributed by atoms with Crippen LogP contribution in [0.2, 0.25) is 5.02 Å². The Balaban J connectivity index is 1.67. The number of nitrogens with zero attached hydrogens (tertiary/aromatic N) is 2. The highest BCUT2D eigenvalue weighted by atomic mass is 35.5.